The van der Waals surface area contributed by atoms with Crippen molar-refractivity contribution in [2.75, 3.05) is 0 Å². The lowest BCUT2D eigenvalue weighted by Crippen LogP contribution is -2.48. The average Bonchev–Trinajstić information content (AvgIpc) is 2.98. The van der Waals surface area contributed by atoms with Crippen molar-refractivity contribution in [2.45, 2.75) is 106 Å². The predicted octanol–water partition coefficient (Wildman–Crippen LogP) is 11.2. The van der Waals surface area contributed by atoms with Crippen LogP contribution in [0.4, 0.5) is 0 Å². The molecular weight excluding hydrogens is 512 g/mol. The van der Waals surface area contributed by atoms with Gasteiger partial charge in [0.1, 0.15) is 12.6 Å². The molecule has 3 fully saturated rings. The molecule has 0 N–H and O–H groups in total. The topological polar surface area (TPSA) is 34.1 Å². The third kappa shape index (κ3) is 10.4. The van der Waals surface area contributed by atoms with Crippen molar-refractivity contribution in [1.29, 1.82) is 0 Å². The van der Waals surface area contributed by atoms with E-state index in [2.05, 4.69) is 99.2 Å². The number of benzene rings is 2. The van der Waals surface area contributed by atoms with Gasteiger partial charge in [-0.05, 0) is 90.7 Å². The zero-order chi connectivity index (χ0) is 31.4. The Morgan fingerprint density at radius 1 is 0.762 bits per heavy atom. The summed E-state index contributed by atoms with van der Waals surface area (Å²) in [5.74, 6) is 3.70. The SMILES string of the molecule is C=C1CC[C@H]2C[C@H]1C2(C)C.CC(C)C1=CCC(C=O)=CC1.CC(C)c1ccc(C=O)cc1.Cc1ccc(C(C)C)cc1. The summed E-state index contributed by atoms with van der Waals surface area (Å²) < 4.78 is 0. The van der Waals surface area contributed by atoms with E-state index in [0.29, 0.717) is 23.2 Å². The van der Waals surface area contributed by atoms with Gasteiger partial charge in [-0.1, -0.05) is 139 Å². The van der Waals surface area contributed by atoms with Gasteiger partial charge in [0.2, 0.25) is 0 Å². The first-order chi connectivity index (χ1) is 19.8. The van der Waals surface area contributed by atoms with Crippen LogP contribution >= 0.6 is 0 Å². The minimum Gasteiger partial charge on any atom is -0.298 e. The highest BCUT2D eigenvalue weighted by molar-refractivity contribution is 5.74. The highest BCUT2D eigenvalue weighted by Gasteiger charge is 2.51. The Labute approximate surface area is 257 Å². The summed E-state index contributed by atoms with van der Waals surface area (Å²) in [4.78, 5) is 20.6. The van der Waals surface area contributed by atoms with Gasteiger partial charge in [0.15, 0.2) is 0 Å². The van der Waals surface area contributed by atoms with E-state index in [-0.39, 0.29) is 0 Å². The van der Waals surface area contributed by atoms with Gasteiger partial charge in [0.25, 0.3) is 0 Å². The number of carbonyl (C=O) groups is 2. The lowest BCUT2D eigenvalue weighted by molar-refractivity contribution is -0.105. The fraction of sp³-hybridized carbons (Fsp3) is 0.500. The van der Waals surface area contributed by atoms with Gasteiger partial charge in [0.05, 0.1) is 0 Å². The van der Waals surface area contributed by atoms with Crippen molar-refractivity contribution in [3.8, 4) is 0 Å². The third-order valence-corrected chi connectivity index (χ3v) is 9.35. The van der Waals surface area contributed by atoms with Crippen LogP contribution in [0.15, 0.2) is 84.0 Å². The number of hydrogen-bond acceptors (Lipinski definition) is 2. The van der Waals surface area contributed by atoms with Crippen LogP contribution in [-0.2, 0) is 4.79 Å². The van der Waals surface area contributed by atoms with Crippen LogP contribution in [0.1, 0.15) is 126 Å². The van der Waals surface area contributed by atoms with Gasteiger partial charge in [-0.2, -0.15) is 0 Å². The second-order valence-corrected chi connectivity index (χ2v) is 13.7. The number of fused-ring (bicyclic) bond motifs is 2. The molecule has 0 unspecified atom stereocenters. The Kier molecular flexibility index (Phi) is 13.9. The molecule has 2 heteroatoms. The number of aldehydes is 2. The quantitative estimate of drug-likeness (QED) is 0.265. The maximum absolute atomic E-state index is 10.3. The summed E-state index contributed by atoms with van der Waals surface area (Å²) >= 11 is 0. The van der Waals surface area contributed by atoms with Crippen LogP contribution in [0.25, 0.3) is 0 Å². The van der Waals surface area contributed by atoms with Crippen LogP contribution in [-0.4, -0.2) is 12.6 Å². The highest BCUT2D eigenvalue weighted by atomic mass is 16.1. The summed E-state index contributed by atoms with van der Waals surface area (Å²) in [6, 6.07) is 16.4. The van der Waals surface area contributed by atoms with E-state index in [4.69, 9.17) is 0 Å². The Hall–Kier alpha value is -3.00. The molecule has 2 nitrogen and oxygen atoms in total. The Bertz CT molecular complexity index is 1200. The maximum Gasteiger partial charge on any atom is 0.150 e. The van der Waals surface area contributed by atoms with Crippen molar-refractivity contribution in [2.24, 2.45) is 23.2 Å². The van der Waals surface area contributed by atoms with Crippen LogP contribution in [0.3, 0.4) is 0 Å². The second kappa shape index (κ2) is 16.6. The van der Waals surface area contributed by atoms with Gasteiger partial charge in [-0.3, -0.25) is 9.59 Å². The van der Waals surface area contributed by atoms with Crippen molar-refractivity contribution in [1.82, 2.24) is 0 Å². The maximum atomic E-state index is 10.3. The minimum absolute atomic E-state index is 0.538. The highest BCUT2D eigenvalue weighted by Crippen LogP contribution is 2.60. The molecule has 0 heterocycles. The normalized spacial score (nSPS) is 20.0. The summed E-state index contributed by atoms with van der Waals surface area (Å²) in [5.41, 5.74) is 9.28. The van der Waals surface area contributed by atoms with E-state index in [1.165, 1.54) is 47.1 Å². The molecule has 2 bridgehead atoms. The molecule has 0 radical (unpaired) electrons. The van der Waals surface area contributed by atoms with Crippen molar-refractivity contribution >= 4 is 12.6 Å². The molecule has 6 rings (SSSR count). The standard InChI is InChI=1S/C10H14O.C10H12O.C10H16.C10H14/c2*1-8(2)10-5-3-9(7-11)4-6-10;1-7-4-5-8-6-9(7)10(8,2)3;1-8(2)10-6-4-9(3)5-7-10/h3,6-8H,4-5H2,1-2H3;3-8H,1-2H3;8-9H,1,4-6H2,2-3H3;4-8H,1-3H3/t;;8-,9+;/m..0./s1. The van der Waals surface area contributed by atoms with Crippen LogP contribution in [0.5, 0.6) is 0 Å². The molecule has 3 saturated carbocycles. The molecule has 2 aromatic rings. The molecule has 0 aliphatic heterocycles. The lowest BCUT2D eigenvalue weighted by Gasteiger charge is -2.57. The van der Waals surface area contributed by atoms with Gasteiger partial charge >= 0.3 is 0 Å². The molecule has 2 aromatic carbocycles. The monoisotopic (exact) mass is 568 g/mol. The number of rotatable bonds is 5. The minimum atomic E-state index is 0.538. The average molecular weight is 569 g/mol. The summed E-state index contributed by atoms with van der Waals surface area (Å²) in [6.07, 6.45) is 12.0. The van der Waals surface area contributed by atoms with Crippen molar-refractivity contribution < 1.29 is 9.59 Å². The number of hydrogen-bond donors (Lipinski definition) is 0. The third-order valence-electron chi connectivity index (χ3n) is 9.35. The van der Waals surface area contributed by atoms with Gasteiger partial charge < -0.3 is 0 Å². The van der Waals surface area contributed by atoms with E-state index in [9.17, 15) is 9.59 Å². The van der Waals surface area contributed by atoms with Crippen LogP contribution in [0, 0.1) is 30.1 Å². The second-order valence-electron chi connectivity index (χ2n) is 13.7. The summed E-state index contributed by atoms with van der Waals surface area (Å²) in [5, 5.41) is 0. The van der Waals surface area contributed by atoms with Gasteiger partial charge in [-0.25, -0.2) is 0 Å². The molecule has 228 valence electrons. The van der Waals surface area contributed by atoms with Crippen molar-refractivity contribution in [3.05, 3.63) is 106 Å². The molecule has 0 saturated heterocycles. The molecule has 4 aliphatic carbocycles. The molecule has 42 heavy (non-hydrogen) atoms. The first kappa shape index (κ1) is 35.2. The summed E-state index contributed by atoms with van der Waals surface area (Å²) in [7, 11) is 0. The first-order valence-corrected chi connectivity index (χ1v) is 15.9. The lowest BCUT2D eigenvalue weighted by atomic mass is 9.47. The number of allylic oxidation sites excluding steroid dienone is 5. The molecule has 2 atom stereocenters. The largest absolute Gasteiger partial charge is 0.298 e. The first-order valence-electron chi connectivity index (χ1n) is 15.9. The molecule has 0 amide bonds. The zero-order valence-corrected chi connectivity index (χ0v) is 27.9. The molecule has 0 spiro atoms. The van der Waals surface area contributed by atoms with Gasteiger partial charge in [-0.15, -0.1) is 0 Å². The number of carbonyl (C=O) groups excluding carboxylic acids is 2. The Morgan fingerprint density at radius 2 is 1.31 bits per heavy atom. The van der Waals surface area contributed by atoms with E-state index < -0.39 is 0 Å². The van der Waals surface area contributed by atoms with Crippen LogP contribution < -0.4 is 0 Å². The Balaban J connectivity index is 0.000000196. The van der Waals surface area contributed by atoms with E-state index in [1.54, 1.807) is 0 Å². The van der Waals surface area contributed by atoms with Gasteiger partial charge in [0, 0.05) is 5.56 Å². The smallest absolute Gasteiger partial charge is 0.150 e. The molecule has 4 aliphatic rings. The zero-order valence-electron chi connectivity index (χ0n) is 27.9. The van der Waals surface area contributed by atoms with Crippen LogP contribution in [0.2, 0.25) is 0 Å². The Morgan fingerprint density at radius 3 is 1.64 bits per heavy atom. The summed E-state index contributed by atoms with van der Waals surface area (Å²) in [6.45, 7) is 24.1. The van der Waals surface area contributed by atoms with Crippen molar-refractivity contribution in [3.63, 3.8) is 0 Å². The fourth-order valence-electron chi connectivity index (χ4n) is 5.88. The van der Waals surface area contributed by atoms with E-state index >= 15 is 0 Å². The fourth-order valence-corrected chi connectivity index (χ4v) is 5.88. The number of aryl methyl sites for hydroxylation is 1. The van der Waals surface area contributed by atoms with E-state index in [0.717, 1.165) is 48.4 Å². The predicted molar refractivity (Wildman–Crippen MR) is 181 cm³/mol. The molecule has 0 aromatic heterocycles. The van der Waals surface area contributed by atoms with E-state index in [1.807, 2.05) is 30.3 Å². The molecular formula is C40H56O2.